The molecule has 0 saturated carbocycles. The molecule has 2 rings (SSSR count). The van der Waals surface area contributed by atoms with E-state index in [0.29, 0.717) is 17.2 Å². The van der Waals surface area contributed by atoms with Gasteiger partial charge in [0.1, 0.15) is 18.1 Å². The van der Waals surface area contributed by atoms with E-state index in [9.17, 15) is 4.79 Å². The van der Waals surface area contributed by atoms with E-state index in [1.807, 2.05) is 37.3 Å². The van der Waals surface area contributed by atoms with Gasteiger partial charge in [-0.2, -0.15) is 0 Å². The molecule has 6 nitrogen and oxygen atoms in total. The smallest absolute Gasteiger partial charge is 0.411 e. The van der Waals surface area contributed by atoms with Gasteiger partial charge in [0.2, 0.25) is 0 Å². The number of ether oxygens (including phenoxy) is 4. The van der Waals surface area contributed by atoms with Crippen LogP contribution in [0.1, 0.15) is 11.1 Å². The molecule has 0 fully saturated rings. The van der Waals surface area contributed by atoms with Gasteiger partial charge >= 0.3 is 6.09 Å². The van der Waals surface area contributed by atoms with E-state index >= 15 is 0 Å². The Kier molecular flexibility index (Phi) is 6.45. The fraction of sp³-hybridized carbons (Fsp3) is 0.278. The average molecular weight is 331 g/mol. The lowest BCUT2D eigenvalue weighted by Crippen LogP contribution is -2.15. The lowest BCUT2D eigenvalue weighted by Gasteiger charge is -2.15. The van der Waals surface area contributed by atoms with Crippen LogP contribution in [0, 0.1) is 6.92 Å². The van der Waals surface area contributed by atoms with Crippen LogP contribution in [-0.4, -0.2) is 27.1 Å². The van der Waals surface area contributed by atoms with Crippen LogP contribution in [-0.2, 0) is 16.1 Å². The number of carbonyl (C=O) groups excluding carboxylic acids is 1. The van der Waals surface area contributed by atoms with Crippen LogP contribution in [0.5, 0.6) is 11.5 Å². The summed E-state index contributed by atoms with van der Waals surface area (Å²) in [5, 5.41) is 2.71. The topological polar surface area (TPSA) is 66.0 Å². The summed E-state index contributed by atoms with van der Waals surface area (Å²) < 4.78 is 20.8. The van der Waals surface area contributed by atoms with Crippen molar-refractivity contribution in [1.29, 1.82) is 0 Å². The van der Waals surface area contributed by atoms with E-state index in [4.69, 9.17) is 18.9 Å². The maximum Gasteiger partial charge on any atom is 0.411 e. The largest absolute Gasteiger partial charge is 0.497 e. The van der Waals surface area contributed by atoms with Crippen LogP contribution >= 0.6 is 0 Å². The molecule has 0 saturated heterocycles. The van der Waals surface area contributed by atoms with Crippen LogP contribution < -0.4 is 14.8 Å². The van der Waals surface area contributed by atoms with E-state index in [0.717, 1.165) is 11.1 Å². The Labute approximate surface area is 141 Å². The number of hydrogen-bond donors (Lipinski definition) is 1. The van der Waals surface area contributed by atoms with Crippen molar-refractivity contribution >= 4 is 11.8 Å². The van der Waals surface area contributed by atoms with Gasteiger partial charge in [0, 0.05) is 24.8 Å². The molecule has 2 aromatic carbocycles. The Bertz CT molecular complexity index is 673. The maximum atomic E-state index is 12.0. The van der Waals surface area contributed by atoms with Crippen molar-refractivity contribution in [2.45, 2.75) is 13.5 Å². The summed E-state index contributed by atoms with van der Waals surface area (Å²) in [6.45, 7) is 2.13. The zero-order valence-corrected chi connectivity index (χ0v) is 14.0. The molecule has 24 heavy (non-hydrogen) atoms. The van der Waals surface area contributed by atoms with Gasteiger partial charge < -0.3 is 18.9 Å². The number of amides is 1. The first-order valence-corrected chi connectivity index (χ1v) is 7.42. The lowest BCUT2D eigenvalue weighted by molar-refractivity contribution is 0.0505. The van der Waals surface area contributed by atoms with E-state index in [1.54, 1.807) is 19.2 Å². The highest BCUT2D eigenvalue weighted by atomic mass is 16.7. The summed E-state index contributed by atoms with van der Waals surface area (Å²) in [6, 6.07) is 12.9. The van der Waals surface area contributed by atoms with Gasteiger partial charge in [-0.3, -0.25) is 5.32 Å². The third-order valence-electron chi connectivity index (χ3n) is 3.35. The molecule has 0 unspecified atom stereocenters. The lowest BCUT2D eigenvalue weighted by atomic mass is 10.1. The van der Waals surface area contributed by atoms with Crippen molar-refractivity contribution in [2.24, 2.45) is 0 Å². The zero-order valence-electron chi connectivity index (χ0n) is 14.0. The molecule has 0 bridgehead atoms. The fourth-order valence-corrected chi connectivity index (χ4v) is 2.05. The molecule has 6 heteroatoms. The fourth-order valence-electron chi connectivity index (χ4n) is 2.05. The molecule has 0 aliphatic rings. The van der Waals surface area contributed by atoms with Crippen LogP contribution in [0.3, 0.4) is 0 Å². The molecule has 0 spiro atoms. The summed E-state index contributed by atoms with van der Waals surface area (Å²) in [6.07, 6.45) is -0.548. The number of carbonyl (C=O) groups is 1. The Morgan fingerprint density at radius 3 is 2.54 bits per heavy atom. The van der Waals surface area contributed by atoms with Crippen LogP contribution in [0.25, 0.3) is 0 Å². The van der Waals surface area contributed by atoms with Gasteiger partial charge in [-0.15, -0.1) is 0 Å². The third kappa shape index (κ3) is 4.89. The number of benzene rings is 2. The number of rotatable bonds is 7. The molecule has 0 radical (unpaired) electrons. The summed E-state index contributed by atoms with van der Waals surface area (Å²) in [7, 11) is 3.08. The minimum Gasteiger partial charge on any atom is -0.497 e. The van der Waals surface area contributed by atoms with Gasteiger partial charge in [0.05, 0.1) is 12.8 Å². The zero-order chi connectivity index (χ0) is 17.4. The highest BCUT2D eigenvalue weighted by Crippen LogP contribution is 2.32. The van der Waals surface area contributed by atoms with E-state index in [2.05, 4.69) is 5.32 Å². The first kappa shape index (κ1) is 17.6. The standard InChI is InChI=1S/C18H21NO5/c1-13-16(9-15(22-3)10-17(13)24-12-21-2)19-18(20)23-11-14-7-5-4-6-8-14/h4-10H,11-12H2,1-3H3,(H,19,20). The second kappa shape index (κ2) is 8.79. The van der Waals surface area contributed by atoms with Crippen molar-refractivity contribution in [3.05, 3.63) is 53.6 Å². The molecule has 0 aliphatic heterocycles. The number of hydrogen-bond acceptors (Lipinski definition) is 5. The first-order chi connectivity index (χ1) is 11.6. The van der Waals surface area contributed by atoms with Gasteiger partial charge in [0.25, 0.3) is 0 Å². The molecule has 0 atom stereocenters. The van der Waals surface area contributed by atoms with Gasteiger partial charge in [-0.05, 0) is 12.5 Å². The molecule has 0 aromatic heterocycles. The number of anilines is 1. The van der Waals surface area contributed by atoms with E-state index < -0.39 is 6.09 Å². The Hall–Kier alpha value is -2.73. The molecule has 0 aliphatic carbocycles. The van der Waals surface area contributed by atoms with Gasteiger partial charge in [-0.25, -0.2) is 4.79 Å². The quantitative estimate of drug-likeness (QED) is 0.783. The molecular formula is C18H21NO5. The van der Waals surface area contributed by atoms with Crippen molar-refractivity contribution in [2.75, 3.05) is 26.3 Å². The maximum absolute atomic E-state index is 12.0. The van der Waals surface area contributed by atoms with Crippen LogP contribution in [0.15, 0.2) is 42.5 Å². The predicted octanol–water partition coefficient (Wildman–Crippen LogP) is 3.74. The van der Waals surface area contributed by atoms with Crippen molar-refractivity contribution < 1.29 is 23.7 Å². The average Bonchev–Trinajstić information content (AvgIpc) is 2.61. The van der Waals surface area contributed by atoms with Crippen molar-refractivity contribution in [3.63, 3.8) is 0 Å². The van der Waals surface area contributed by atoms with Gasteiger partial charge in [-0.1, -0.05) is 30.3 Å². The minimum atomic E-state index is -0.548. The second-order valence-corrected chi connectivity index (χ2v) is 5.04. The van der Waals surface area contributed by atoms with Crippen LogP contribution in [0.4, 0.5) is 10.5 Å². The second-order valence-electron chi connectivity index (χ2n) is 5.04. The monoisotopic (exact) mass is 331 g/mol. The summed E-state index contributed by atoms with van der Waals surface area (Å²) >= 11 is 0. The predicted molar refractivity (Wildman–Crippen MR) is 90.5 cm³/mol. The van der Waals surface area contributed by atoms with Crippen molar-refractivity contribution in [3.8, 4) is 11.5 Å². The Morgan fingerprint density at radius 2 is 1.88 bits per heavy atom. The summed E-state index contributed by atoms with van der Waals surface area (Å²) in [5.74, 6) is 1.12. The highest BCUT2D eigenvalue weighted by Gasteiger charge is 2.12. The van der Waals surface area contributed by atoms with Gasteiger partial charge in [0.15, 0.2) is 6.79 Å². The molecule has 2 aromatic rings. The Morgan fingerprint density at radius 1 is 1.12 bits per heavy atom. The molecule has 0 heterocycles. The van der Waals surface area contributed by atoms with Crippen LogP contribution in [0.2, 0.25) is 0 Å². The SMILES string of the molecule is COCOc1cc(OC)cc(NC(=O)OCc2ccccc2)c1C. The third-order valence-corrected chi connectivity index (χ3v) is 3.35. The minimum absolute atomic E-state index is 0.103. The Balaban J connectivity index is 2.05. The summed E-state index contributed by atoms with van der Waals surface area (Å²) in [5.41, 5.74) is 2.22. The normalized spacial score (nSPS) is 10.1. The van der Waals surface area contributed by atoms with E-state index in [1.165, 1.54) is 7.11 Å². The molecule has 1 amide bonds. The first-order valence-electron chi connectivity index (χ1n) is 7.42. The number of methoxy groups -OCH3 is 2. The summed E-state index contributed by atoms with van der Waals surface area (Å²) in [4.78, 5) is 12.0. The molecule has 128 valence electrons. The molecular weight excluding hydrogens is 310 g/mol. The van der Waals surface area contributed by atoms with Crippen molar-refractivity contribution in [1.82, 2.24) is 0 Å². The van der Waals surface area contributed by atoms with E-state index in [-0.39, 0.29) is 13.4 Å². The number of nitrogens with one attached hydrogen (secondary N) is 1. The highest BCUT2D eigenvalue weighted by molar-refractivity contribution is 5.86. The molecule has 1 N–H and O–H groups in total.